The molecule has 2 unspecified atom stereocenters. The SMILES string of the molecule is COC1(c2ccc(Cl)c(Cc3ccc(C4CCC5(CCC5)CC4)cc3)c2)O[C@H](CO)[C@@H](O)[C@H](O)[C@H]1O.COC1(c2ccc(Cl)c(Cc3ccc(C4CCC5(CCC5)CC4)cc3)c2)O[C@H](COC(C)=O)[C@@H](C)[C@H](OC(C)=O)[C@H]1OC(C)=O. The third kappa shape index (κ3) is 13.1. The summed E-state index contributed by atoms with van der Waals surface area (Å²) in [5, 5.41) is 42.2. The van der Waals surface area contributed by atoms with Crippen molar-refractivity contribution in [2.45, 2.75) is 197 Å². The number of aliphatic hydroxyl groups is 4. The first-order valence-corrected chi connectivity index (χ1v) is 29.9. The zero-order valence-electron chi connectivity index (χ0n) is 47.7. The van der Waals surface area contributed by atoms with Gasteiger partial charge in [-0.3, -0.25) is 14.4 Å². The normalized spacial score (nSPS) is 30.5. The Hall–Kier alpha value is -4.45. The van der Waals surface area contributed by atoms with Gasteiger partial charge in [-0.25, -0.2) is 0 Å². The summed E-state index contributed by atoms with van der Waals surface area (Å²) in [7, 11) is 2.79. The highest BCUT2D eigenvalue weighted by molar-refractivity contribution is 6.31. The van der Waals surface area contributed by atoms with Gasteiger partial charge in [-0.2, -0.15) is 0 Å². The Morgan fingerprint density at radius 2 is 1.02 bits per heavy atom. The molecule has 10 rings (SSSR count). The average molecular weight is 1160 g/mol. The second-order valence-electron chi connectivity index (χ2n) is 24.1. The Morgan fingerprint density at radius 1 is 0.580 bits per heavy atom. The molecule has 2 spiro atoms. The van der Waals surface area contributed by atoms with Crippen LogP contribution in [0.5, 0.6) is 0 Å². The third-order valence-electron chi connectivity index (χ3n) is 19.2. The number of carbonyl (C=O) groups excluding carboxylic acids is 3. The molecule has 16 heteroatoms. The Bertz CT molecular complexity index is 2790. The van der Waals surface area contributed by atoms with E-state index in [4.69, 9.17) is 56.4 Å². The molecule has 4 aliphatic carbocycles. The van der Waals surface area contributed by atoms with Crippen LogP contribution >= 0.6 is 23.2 Å². The van der Waals surface area contributed by atoms with Crippen molar-refractivity contribution >= 4 is 41.1 Å². The standard InChI is InChI=1S/C36H45ClO8.C29H37ClO6/c1-22-32(21-42-23(2)38)45-36(41-5,34(44-25(4)40)33(22)43-24(3)39)30-11-12-31(37)29(20-30)19-26-7-9-27(10-8-26)28-13-17-35(18-14-28)15-6-16-35;1-35-29(27(34)26(33)25(32)24(17-31)36-29)22-7-8-23(30)21(16-22)15-18-3-5-19(6-4-18)20-9-13-28(14-10-20)11-2-12-28/h7-12,20,22,28,32-34H,6,13-19,21H2,1-5H3;3-8,16,20,24-27,31-34H,2,9-15,17H2,1H3/t22-,32-,33+,34-,36?;24-,25-,26+,27-,29?/m11/s1. The number of halogens is 2. The number of hydrogen-bond donors (Lipinski definition) is 4. The fourth-order valence-corrected chi connectivity index (χ4v) is 14.3. The van der Waals surface area contributed by atoms with E-state index in [1.54, 1.807) is 37.3 Å². The number of methoxy groups -OCH3 is 2. The molecule has 2 heterocycles. The number of esters is 3. The van der Waals surface area contributed by atoms with Crippen LogP contribution in [0.4, 0.5) is 0 Å². The van der Waals surface area contributed by atoms with E-state index in [1.807, 2.05) is 6.07 Å². The fraction of sp³-hybridized carbons (Fsp3) is 0.585. The molecule has 2 saturated heterocycles. The second kappa shape index (κ2) is 25.8. The number of aliphatic hydroxyl groups excluding tert-OH is 4. The van der Waals surface area contributed by atoms with Crippen molar-refractivity contribution in [2.24, 2.45) is 16.7 Å². The van der Waals surface area contributed by atoms with E-state index >= 15 is 0 Å². The van der Waals surface area contributed by atoms with Gasteiger partial charge in [0.2, 0.25) is 11.6 Å². The molecular formula is C65H82Cl2O14. The summed E-state index contributed by atoms with van der Waals surface area (Å²) < 4.78 is 40.8. The lowest BCUT2D eigenvalue weighted by Crippen LogP contribution is -2.64. The molecule has 14 nitrogen and oxygen atoms in total. The molecule has 81 heavy (non-hydrogen) atoms. The van der Waals surface area contributed by atoms with E-state index in [2.05, 4.69) is 48.5 Å². The summed E-state index contributed by atoms with van der Waals surface area (Å²) in [5.41, 5.74) is 8.96. The van der Waals surface area contributed by atoms with Crippen LogP contribution < -0.4 is 0 Å². The van der Waals surface area contributed by atoms with Gasteiger partial charge in [0.05, 0.1) is 6.61 Å². The molecule has 0 amide bonds. The number of ether oxygens (including phenoxy) is 7. The minimum Gasteiger partial charge on any atom is -0.463 e. The van der Waals surface area contributed by atoms with Gasteiger partial charge in [0, 0.05) is 62.1 Å². The minimum atomic E-state index is -1.76. The lowest BCUT2D eigenvalue weighted by molar-refractivity contribution is -0.366. The molecule has 0 bridgehead atoms. The smallest absolute Gasteiger partial charge is 0.303 e. The monoisotopic (exact) mass is 1160 g/mol. The van der Waals surface area contributed by atoms with Gasteiger partial charge >= 0.3 is 17.9 Å². The Balaban J connectivity index is 0.000000200. The molecule has 440 valence electrons. The summed E-state index contributed by atoms with van der Waals surface area (Å²) in [6.07, 6.45) is 11.6. The Labute approximate surface area is 487 Å². The summed E-state index contributed by atoms with van der Waals surface area (Å²) in [4.78, 5) is 36.3. The molecule has 2 aliphatic heterocycles. The van der Waals surface area contributed by atoms with Gasteiger partial charge in [-0.05, 0) is 170 Å². The average Bonchev–Trinajstić information content (AvgIpc) is 3.28. The third-order valence-corrected chi connectivity index (χ3v) is 20.0. The summed E-state index contributed by atoms with van der Waals surface area (Å²) in [5.74, 6) is -4.32. The van der Waals surface area contributed by atoms with Crippen molar-refractivity contribution in [3.63, 3.8) is 0 Å². The van der Waals surface area contributed by atoms with Crippen LogP contribution in [0.15, 0.2) is 84.9 Å². The molecule has 10 atom stereocenters. The zero-order valence-corrected chi connectivity index (χ0v) is 49.2. The maximum Gasteiger partial charge on any atom is 0.303 e. The number of rotatable bonds is 15. The summed E-state index contributed by atoms with van der Waals surface area (Å²) in [6, 6.07) is 28.2. The van der Waals surface area contributed by atoms with Gasteiger partial charge in [0.15, 0.2) is 6.10 Å². The Morgan fingerprint density at radius 3 is 1.42 bits per heavy atom. The molecule has 6 fully saturated rings. The van der Waals surface area contributed by atoms with E-state index < -0.39 is 84.7 Å². The topological polar surface area (TPSA) is 197 Å². The summed E-state index contributed by atoms with van der Waals surface area (Å²) in [6.45, 7) is 5.00. The van der Waals surface area contributed by atoms with E-state index in [1.165, 1.54) is 136 Å². The predicted molar refractivity (Wildman–Crippen MR) is 306 cm³/mol. The van der Waals surface area contributed by atoms with Crippen molar-refractivity contribution in [3.05, 3.63) is 139 Å². The van der Waals surface area contributed by atoms with Crippen LogP contribution in [0.2, 0.25) is 10.0 Å². The van der Waals surface area contributed by atoms with Crippen molar-refractivity contribution in [3.8, 4) is 0 Å². The van der Waals surface area contributed by atoms with Crippen molar-refractivity contribution in [1.82, 2.24) is 0 Å². The van der Waals surface area contributed by atoms with E-state index in [0.29, 0.717) is 56.7 Å². The molecule has 6 aliphatic rings. The van der Waals surface area contributed by atoms with Gasteiger partial charge < -0.3 is 53.6 Å². The van der Waals surface area contributed by atoms with Gasteiger partial charge in [0.1, 0.15) is 43.2 Å². The highest BCUT2D eigenvalue weighted by Crippen LogP contribution is 2.56. The first-order chi connectivity index (χ1) is 38.8. The maximum atomic E-state index is 12.4. The van der Waals surface area contributed by atoms with Crippen LogP contribution in [0.3, 0.4) is 0 Å². The summed E-state index contributed by atoms with van der Waals surface area (Å²) >= 11 is 13.3. The number of benzene rings is 4. The molecule has 4 aromatic rings. The zero-order chi connectivity index (χ0) is 57.9. The van der Waals surface area contributed by atoms with Crippen LogP contribution in [0, 0.1) is 16.7 Å². The van der Waals surface area contributed by atoms with Gasteiger partial charge in [-0.15, -0.1) is 0 Å². The highest BCUT2D eigenvalue weighted by atomic mass is 35.5. The maximum absolute atomic E-state index is 12.4. The second-order valence-corrected chi connectivity index (χ2v) is 24.9. The lowest BCUT2D eigenvalue weighted by Gasteiger charge is -2.50. The first-order valence-electron chi connectivity index (χ1n) is 29.1. The molecule has 4 aromatic carbocycles. The predicted octanol–water partition coefficient (Wildman–Crippen LogP) is 11.1. The number of carbonyl (C=O) groups is 3. The van der Waals surface area contributed by atoms with Crippen LogP contribution in [-0.2, 0) is 72.0 Å². The van der Waals surface area contributed by atoms with Crippen molar-refractivity contribution in [1.29, 1.82) is 0 Å². The van der Waals surface area contributed by atoms with Gasteiger partial charge in [0.25, 0.3) is 0 Å². The van der Waals surface area contributed by atoms with E-state index in [9.17, 15) is 34.8 Å². The van der Waals surface area contributed by atoms with E-state index in [-0.39, 0.29) is 6.61 Å². The quantitative estimate of drug-likeness (QED) is 0.0648. The molecule has 4 saturated carbocycles. The molecule has 0 aromatic heterocycles. The van der Waals surface area contributed by atoms with E-state index in [0.717, 1.165) is 22.3 Å². The Kier molecular flexibility index (Phi) is 19.5. The first kappa shape index (κ1) is 61.1. The van der Waals surface area contributed by atoms with Crippen molar-refractivity contribution in [2.75, 3.05) is 27.4 Å². The minimum absolute atomic E-state index is 0.110. The van der Waals surface area contributed by atoms with Crippen LogP contribution in [0.25, 0.3) is 0 Å². The molecular weight excluding hydrogens is 1080 g/mol. The van der Waals surface area contributed by atoms with Crippen LogP contribution in [0.1, 0.15) is 174 Å². The van der Waals surface area contributed by atoms with Crippen molar-refractivity contribution < 1.29 is 68.0 Å². The fourth-order valence-electron chi connectivity index (χ4n) is 13.9. The number of hydrogen-bond acceptors (Lipinski definition) is 14. The highest BCUT2D eigenvalue weighted by Gasteiger charge is 2.59. The van der Waals surface area contributed by atoms with Gasteiger partial charge in [-0.1, -0.05) is 104 Å². The largest absolute Gasteiger partial charge is 0.463 e. The lowest BCUT2D eigenvalue weighted by atomic mass is 9.58. The van der Waals surface area contributed by atoms with Crippen LogP contribution in [-0.4, -0.2) is 108 Å². The molecule has 4 N–H and O–H groups in total. The molecule has 0 radical (unpaired) electrons.